The molecule has 0 spiro atoms. The zero-order valence-corrected chi connectivity index (χ0v) is 25.2. The molecular weight excluding hydrogens is 504 g/mol. The minimum Gasteiger partial charge on any atom is -0.493 e. The third kappa shape index (κ3) is 9.70. The lowest BCUT2D eigenvalue weighted by Crippen LogP contribution is -2.56. The van der Waals surface area contributed by atoms with Gasteiger partial charge in [0.25, 0.3) is 0 Å². The van der Waals surface area contributed by atoms with Crippen LogP contribution in [-0.4, -0.2) is 81.3 Å². The van der Waals surface area contributed by atoms with Crippen molar-refractivity contribution in [1.29, 1.82) is 0 Å². The molecule has 0 unspecified atom stereocenters. The summed E-state index contributed by atoms with van der Waals surface area (Å²) in [7, 11) is 1.83. The van der Waals surface area contributed by atoms with Crippen molar-refractivity contribution < 1.29 is 33.3 Å². The van der Waals surface area contributed by atoms with Gasteiger partial charge >= 0.3 is 6.09 Å². The molecule has 0 aliphatic carbocycles. The van der Waals surface area contributed by atoms with Crippen LogP contribution >= 0.6 is 0 Å². The Morgan fingerprint density at radius 1 is 1.11 bits per heavy atom. The van der Waals surface area contributed by atoms with E-state index >= 15 is 0 Å². The van der Waals surface area contributed by atoms with Crippen LogP contribution in [0.4, 0.5) is 4.79 Å². The minimum atomic E-state index is -1.28. The van der Waals surface area contributed by atoms with E-state index in [0.29, 0.717) is 36.6 Å². The average molecular weight is 549 g/mol. The van der Waals surface area contributed by atoms with E-state index in [1.165, 1.54) is 0 Å². The molecule has 38 heavy (non-hydrogen) atoms. The number of benzene rings is 1. The molecule has 1 atom stereocenters. The zero-order valence-electron chi connectivity index (χ0n) is 24.2. The largest absolute Gasteiger partial charge is 0.493 e. The van der Waals surface area contributed by atoms with Crippen molar-refractivity contribution in [1.82, 2.24) is 9.80 Å². The van der Waals surface area contributed by atoms with Gasteiger partial charge in [-0.15, -0.1) is 0 Å². The first-order valence-electron chi connectivity index (χ1n) is 13.1. The van der Waals surface area contributed by atoms with E-state index < -0.39 is 25.8 Å². The van der Waals surface area contributed by atoms with E-state index in [0.717, 1.165) is 10.9 Å². The van der Waals surface area contributed by atoms with Crippen molar-refractivity contribution in [2.45, 2.75) is 77.4 Å². The van der Waals surface area contributed by atoms with Crippen LogP contribution in [0.3, 0.4) is 0 Å². The standard InChI is InChI=1S/C28H44N2O7Si/c1-28(2,3)37-27(33)30-22(12-11-13-25(30)31)26(32)29(16-9-10-19-38(6,7)8)17-18-36-21-14-15-23(34-4)24(20-21)35-5/h9-10,14-15,20,22H,11-13,16-19H2,1-8H3/t22-/m0/s1. The second kappa shape index (κ2) is 13.7. The fourth-order valence-electron chi connectivity index (χ4n) is 3.96. The van der Waals surface area contributed by atoms with E-state index in [9.17, 15) is 14.4 Å². The lowest BCUT2D eigenvalue weighted by molar-refractivity contribution is -0.147. The molecule has 0 radical (unpaired) electrons. The fraction of sp³-hybridized carbons (Fsp3) is 0.607. The highest BCUT2D eigenvalue weighted by Crippen LogP contribution is 2.31. The smallest absolute Gasteiger partial charge is 0.417 e. The van der Waals surface area contributed by atoms with Gasteiger partial charge in [0, 0.05) is 27.1 Å². The van der Waals surface area contributed by atoms with Crippen LogP contribution in [-0.2, 0) is 14.3 Å². The van der Waals surface area contributed by atoms with Gasteiger partial charge in [-0.05, 0) is 51.8 Å². The molecule has 3 amide bonds. The molecule has 0 N–H and O–H groups in total. The number of nitrogens with zero attached hydrogens (tertiary/aromatic N) is 2. The van der Waals surface area contributed by atoms with Crippen LogP contribution in [0.15, 0.2) is 30.4 Å². The summed E-state index contributed by atoms with van der Waals surface area (Å²) < 4.78 is 22.0. The van der Waals surface area contributed by atoms with Crippen LogP contribution in [0, 0.1) is 0 Å². The molecule has 1 aromatic carbocycles. The normalized spacial score (nSPS) is 16.4. The Bertz CT molecular complexity index is 998. The van der Waals surface area contributed by atoms with Gasteiger partial charge in [0.15, 0.2) is 11.5 Å². The maximum Gasteiger partial charge on any atom is 0.417 e. The Kier molecular flexibility index (Phi) is 11.2. The van der Waals surface area contributed by atoms with Crippen molar-refractivity contribution in [3.05, 3.63) is 30.4 Å². The number of allylic oxidation sites excluding steroid dienone is 1. The van der Waals surface area contributed by atoms with Gasteiger partial charge in [0.05, 0.1) is 20.8 Å². The number of likely N-dealkylation sites (tertiary alicyclic amines) is 1. The minimum absolute atomic E-state index is 0.210. The number of imide groups is 1. The van der Waals surface area contributed by atoms with Crippen LogP contribution in [0.2, 0.25) is 25.7 Å². The first kappa shape index (κ1) is 31.2. The van der Waals surface area contributed by atoms with E-state index in [2.05, 4.69) is 25.7 Å². The van der Waals surface area contributed by atoms with Crippen molar-refractivity contribution in [2.75, 3.05) is 33.9 Å². The SMILES string of the molecule is COc1ccc(OCCN(CC=CC[Si](C)(C)C)C(=O)[C@@H]2CCCC(=O)N2C(=O)OC(C)(C)C)cc1OC. The molecular formula is C28H44N2O7Si. The Balaban J connectivity index is 2.20. The number of methoxy groups -OCH3 is 2. The van der Waals surface area contributed by atoms with Gasteiger partial charge in [0.1, 0.15) is 24.0 Å². The van der Waals surface area contributed by atoms with E-state index in [-0.39, 0.29) is 31.4 Å². The second-order valence-corrected chi connectivity index (χ2v) is 17.1. The lowest BCUT2D eigenvalue weighted by Gasteiger charge is -2.36. The number of hydrogen-bond acceptors (Lipinski definition) is 7. The summed E-state index contributed by atoms with van der Waals surface area (Å²) in [5.41, 5.74) is -0.783. The Morgan fingerprint density at radius 3 is 2.39 bits per heavy atom. The molecule has 0 aromatic heterocycles. The van der Waals surface area contributed by atoms with Crippen molar-refractivity contribution >= 4 is 26.0 Å². The maximum atomic E-state index is 13.7. The van der Waals surface area contributed by atoms with Crippen LogP contribution < -0.4 is 14.2 Å². The first-order chi connectivity index (χ1) is 17.8. The number of piperidine rings is 1. The lowest BCUT2D eigenvalue weighted by atomic mass is 10.0. The van der Waals surface area contributed by atoms with E-state index in [1.54, 1.807) is 58.1 Å². The molecule has 1 aliphatic rings. The second-order valence-electron chi connectivity index (χ2n) is 11.5. The maximum absolute atomic E-state index is 13.7. The topological polar surface area (TPSA) is 94.6 Å². The van der Waals surface area contributed by atoms with Gasteiger partial charge in [-0.25, -0.2) is 9.69 Å². The van der Waals surface area contributed by atoms with Crippen molar-refractivity contribution in [2.24, 2.45) is 0 Å². The van der Waals surface area contributed by atoms with Gasteiger partial charge in [-0.3, -0.25) is 9.59 Å². The number of hydrogen-bond donors (Lipinski definition) is 0. The van der Waals surface area contributed by atoms with Crippen LogP contribution in [0.25, 0.3) is 0 Å². The fourth-order valence-corrected chi connectivity index (χ4v) is 4.84. The van der Waals surface area contributed by atoms with Gasteiger partial charge in [-0.2, -0.15) is 0 Å². The molecule has 10 heteroatoms. The summed E-state index contributed by atoms with van der Waals surface area (Å²) >= 11 is 0. The number of rotatable bonds is 11. The third-order valence-corrected chi connectivity index (χ3v) is 7.30. The monoisotopic (exact) mass is 548 g/mol. The summed E-state index contributed by atoms with van der Waals surface area (Å²) in [6.45, 7) is 12.9. The average Bonchev–Trinajstić information content (AvgIpc) is 2.82. The van der Waals surface area contributed by atoms with Crippen LogP contribution in [0.5, 0.6) is 17.2 Å². The summed E-state index contributed by atoms with van der Waals surface area (Å²) in [6, 6.07) is 5.33. The van der Waals surface area contributed by atoms with E-state index in [1.807, 2.05) is 6.08 Å². The molecule has 0 bridgehead atoms. The molecule has 1 aromatic rings. The number of carbonyl (C=O) groups excluding carboxylic acids is 3. The summed E-state index contributed by atoms with van der Waals surface area (Å²) in [5, 5.41) is 0. The molecule has 212 valence electrons. The highest BCUT2D eigenvalue weighted by atomic mass is 28.3. The molecule has 1 aliphatic heterocycles. The highest BCUT2D eigenvalue weighted by molar-refractivity contribution is 6.76. The van der Waals surface area contributed by atoms with Gasteiger partial charge in [0.2, 0.25) is 11.8 Å². The first-order valence-corrected chi connectivity index (χ1v) is 16.8. The van der Waals surface area contributed by atoms with Crippen molar-refractivity contribution in [3.63, 3.8) is 0 Å². The van der Waals surface area contributed by atoms with E-state index in [4.69, 9.17) is 18.9 Å². The summed E-state index contributed by atoms with van der Waals surface area (Å²) in [4.78, 5) is 42.0. The third-order valence-electron chi connectivity index (χ3n) is 5.84. The number of carbonyl (C=O) groups is 3. The van der Waals surface area contributed by atoms with Gasteiger partial charge in [-0.1, -0.05) is 31.8 Å². The molecule has 0 saturated carbocycles. The van der Waals surface area contributed by atoms with Crippen molar-refractivity contribution in [3.8, 4) is 17.2 Å². The Hall–Kier alpha value is -3.01. The highest BCUT2D eigenvalue weighted by Gasteiger charge is 2.41. The number of ether oxygens (including phenoxy) is 4. The van der Waals surface area contributed by atoms with Gasteiger partial charge < -0.3 is 23.8 Å². The van der Waals surface area contributed by atoms with Crippen LogP contribution in [0.1, 0.15) is 40.0 Å². The summed E-state index contributed by atoms with van der Waals surface area (Å²) in [5.74, 6) is 1.03. The molecule has 1 saturated heterocycles. The number of amides is 3. The predicted octanol–water partition coefficient (Wildman–Crippen LogP) is 5.12. The Labute approximate surface area is 228 Å². The predicted molar refractivity (Wildman–Crippen MR) is 150 cm³/mol. The molecule has 2 rings (SSSR count). The Morgan fingerprint density at radius 2 is 1.79 bits per heavy atom. The summed E-state index contributed by atoms with van der Waals surface area (Å²) in [6.07, 6.45) is 4.46. The quantitative estimate of drug-likeness (QED) is 0.280. The molecule has 1 fully saturated rings. The zero-order chi connectivity index (χ0) is 28.5. The molecule has 9 nitrogen and oxygen atoms in total. The molecule has 1 heterocycles.